The number of amides is 1. The molecule has 3 N–H and O–H groups in total. The molecular formula is C20H21NO7. The van der Waals surface area contributed by atoms with Gasteiger partial charge in [0.15, 0.2) is 11.5 Å². The Morgan fingerprint density at radius 3 is 2.64 bits per heavy atom. The maximum absolute atomic E-state index is 12.3. The van der Waals surface area contributed by atoms with Crippen molar-refractivity contribution < 1.29 is 34.0 Å². The zero-order chi connectivity index (χ0) is 19.2. The minimum Gasteiger partial charge on any atom is -0.508 e. The van der Waals surface area contributed by atoms with Gasteiger partial charge in [0.25, 0.3) is 6.47 Å². The molecule has 1 heterocycles. The van der Waals surface area contributed by atoms with Gasteiger partial charge >= 0.3 is 0 Å². The zero-order valence-corrected chi connectivity index (χ0v) is 14.2. The van der Waals surface area contributed by atoms with Crippen molar-refractivity contribution in [1.82, 2.24) is 0 Å². The van der Waals surface area contributed by atoms with Crippen LogP contribution in [-0.4, -0.2) is 29.4 Å². The van der Waals surface area contributed by atoms with E-state index in [0.717, 1.165) is 0 Å². The molecule has 2 aromatic carbocycles. The fourth-order valence-electron chi connectivity index (χ4n) is 2.53. The summed E-state index contributed by atoms with van der Waals surface area (Å²) < 4.78 is 15.4. The molecule has 8 nitrogen and oxygen atoms in total. The highest BCUT2D eigenvalue weighted by molar-refractivity contribution is 6.02. The van der Waals surface area contributed by atoms with E-state index in [2.05, 4.69) is 5.32 Å². The fraction of sp³-hybridized carbons (Fsp3) is 0.200. The SMILES string of the molecule is C.O=COCc1cc2c(cc1NC(=O)/C=C/c1ccc(O)c(CO)c1)OCO2. The predicted octanol–water partition coefficient (Wildman–Crippen LogP) is 2.57. The number of hydrogen-bond donors (Lipinski definition) is 3. The molecule has 3 rings (SSSR count). The summed E-state index contributed by atoms with van der Waals surface area (Å²) in [6.45, 7) is 0.0581. The number of hydrogen-bond acceptors (Lipinski definition) is 7. The Morgan fingerprint density at radius 2 is 1.93 bits per heavy atom. The maximum atomic E-state index is 12.3. The first-order valence-electron chi connectivity index (χ1n) is 8.00. The Morgan fingerprint density at radius 1 is 1.18 bits per heavy atom. The van der Waals surface area contributed by atoms with Crippen molar-refractivity contribution in [3.63, 3.8) is 0 Å². The number of rotatable bonds is 7. The van der Waals surface area contributed by atoms with E-state index in [1.807, 2.05) is 0 Å². The highest BCUT2D eigenvalue weighted by Crippen LogP contribution is 2.37. The summed E-state index contributed by atoms with van der Waals surface area (Å²) in [6.07, 6.45) is 2.85. The Bertz CT molecular complexity index is 892. The van der Waals surface area contributed by atoms with Gasteiger partial charge in [-0.15, -0.1) is 0 Å². The van der Waals surface area contributed by atoms with Gasteiger partial charge in [-0.2, -0.15) is 0 Å². The predicted molar refractivity (Wildman–Crippen MR) is 102 cm³/mol. The van der Waals surface area contributed by atoms with Crippen molar-refractivity contribution in [2.45, 2.75) is 20.6 Å². The quantitative estimate of drug-likeness (QED) is 0.494. The number of benzene rings is 2. The standard InChI is InChI=1S/C19H17NO7.CH4/c21-8-13-5-12(1-3-16(13)23)2-4-19(24)20-15-7-18-17(26-11-27-18)6-14(15)9-25-10-22;/h1-7,10,21,23H,8-9,11H2,(H,20,24);1H4/b4-2+;. The van der Waals surface area contributed by atoms with E-state index in [9.17, 15) is 19.8 Å². The van der Waals surface area contributed by atoms with E-state index in [4.69, 9.17) is 14.2 Å². The number of aliphatic hydroxyl groups excluding tert-OH is 1. The molecule has 1 aliphatic rings. The summed E-state index contributed by atoms with van der Waals surface area (Å²) in [4.78, 5) is 22.7. The van der Waals surface area contributed by atoms with Gasteiger partial charge in [-0.3, -0.25) is 9.59 Å². The summed E-state index contributed by atoms with van der Waals surface area (Å²) in [5.41, 5.74) is 1.99. The summed E-state index contributed by atoms with van der Waals surface area (Å²) >= 11 is 0. The van der Waals surface area contributed by atoms with E-state index < -0.39 is 5.91 Å². The summed E-state index contributed by atoms with van der Waals surface area (Å²) in [5.74, 6) is 0.558. The third kappa shape index (κ3) is 4.80. The monoisotopic (exact) mass is 387 g/mol. The molecule has 1 amide bonds. The third-order valence-corrected chi connectivity index (χ3v) is 3.86. The van der Waals surface area contributed by atoms with Crippen LogP contribution in [0, 0.1) is 0 Å². The lowest BCUT2D eigenvalue weighted by Gasteiger charge is -2.10. The van der Waals surface area contributed by atoms with Crippen LogP contribution < -0.4 is 14.8 Å². The highest BCUT2D eigenvalue weighted by atomic mass is 16.7. The Labute approximate surface area is 162 Å². The lowest BCUT2D eigenvalue weighted by molar-refractivity contribution is -0.129. The first-order chi connectivity index (χ1) is 13.1. The molecule has 0 saturated carbocycles. The molecule has 0 bridgehead atoms. The van der Waals surface area contributed by atoms with Crippen LogP contribution in [0.15, 0.2) is 36.4 Å². The van der Waals surface area contributed by atoms with E-state index in [0.29, 0.717) is 40.3 Å². The van der Waals surface area contributed by atoms with E-state index in [1.165, 1.54) is 12.1 Å². The molecular weight excluding hydrogens is 366 g/mol. The maximum Gasteiger partial charge on any atom is 0.293 e. The summed E-state index contributed by atoms with van der Waals surface area (Å²) in [5, 5.41) is 21.4. The van der Waals surface area contributed by atoms with Crippen molar-refractivity contribution in [2.24, 2.45) is 0 Å². The van der Waals surface area contributed by atoms with Gasteiger partial charge in [0.1, 0.15) is 12.4 Å². The number of phenols is 1. The molecule has 0 atom stereocenters. The smallest absolute Gasteiger partial charge is 0.293 e. The molecule has 0 aromatic heterocycles. The van der Waals surface area contributed by atoms with Crippen LogP contribution in [-0.2, 0) is 27.5 Å². The number of anilines is 1. The van der Waals surface area contributed by atoms with Crippen molar-refractivity contribution in [3.05, 3.63) is 53.1 Å². The van der Waals surface area contributed by atoms with Crippen molar-refractivity contribution in [1.29, 1.82) is 0 Å². The second kappa shape index (κ2) is 9.43. The van der Waals surface area contributed by atoms with Crippen LogP contribution in [0.5, 0.6) is 17.2 Å². The number of carbonyl (C=O) groups excluding carboxylic acids is 2. The van der Waals surface area contributed by atoms with Crippen LogP contribution in [0.1, 0.15) is 24.1 Å². The van der Waals surface area contributed by atoms with E-state index in [-0.39, 0.29) is 33.2 Å². The van der Waals surface area contributed by atoms with Crippen molar-refractivity contribution in [3.8, 4) is 17.2 Å². The average molecular weight is 387 g/mol. The van der Waals surface area contributed by atoms with Gasteiger partial charge in [-0.1, -0.05) is 13.5 Å². The van der Waals surface area contributed by atoms with Crippen LogP contribution in [0.25, 0.3) is 6.08 Å². The first kappa shape index (κ1) is 20.8. The van der Waals surface area contributed by atoms with Gasteiger partial charge in [-0.25, -0.2) is 0 Å². The first-order valence-corrected chi connectivity index (χ1v) is 8.00. The molecule has 0 aliphatic carbocycles. The topological polar surface area (TPSA) is 114 Å². The minimum absolute atomic E-state index is 0. The molecule has 0 spiro atoms. The lowest BCUT2D eigenvalue weighted by Crippen LogP contribution is -2.10. The van der Waals surface area contributed by atoms with Gasteiger partial charge in [-0.05, 0) is 29.8 Å². The molecule has 1 aliphatic heterocycles. The van der Waals surface area contributed by atoms with E-state index in [1.54, 1.807) is 30.3 Å². The second-order valence-corrected chi connectivity index (χ2v) is 5.64. The van der Waals surface area contributed by atoms with E-state index >= 15 is 0 Å². The molecule has 0 fully saturated rings. The van der Waals surface area contributed by atoms with Crippen LogP contribution in [0.4, 0.5) is 5.69 Å². The molecule has 148 valence electrons. The lowest BCUT2D eigenvalue weighted by atomic mass is 10.1. The Balaban J connectivity index is 0.00000280. The molecule has 8 heteroatoms. The summed E-state index contributed by atoms with van der Waals surface area (Å²) in [6, 6.07) is 7.86. The number of nitrogens with one attached hydrogen (secondary N) is 1. The molecule has 0 saturated heterocycles. The van der Waals surface area contributed by atoms with Crippen molar-refractivity contribution in [2.75, 3.05) is 12.1 Å². The van der Waals surface area contributed by atoms with Crippen molar-refractivity contribution >= 4 is 24.1 Å². The number of aliphatic hydroxyl groups is 1. The van der Waals surface area contributed by atoms with Crippen LogP contribution in [0.3, 0.4) is 0 Å². The highest BCUT2D eigenvalue weighted by Gasteiger charge is 2.18. The minimum atomic E-state index is -0.417. The van der Waals surface area contributed by atoms with Crippen LogP contribution in [0.2, 0.25) is 0 Å². The molecule has 28 heavy (non-hydrogen) atoms. The summed E-state index contributed by atoms with van der Waals surface area (Å²) in [7, 11) is 0. The fourth-order valence-corrected chi connectivity index (χ4v) is 2.53. The largest absolute Gasteiger partial charge is 0.508 e. The zero-order valence-electron chi connectivity index (χ0n) is 14.2. The number of carbonyl (C=O) groups is 2. The van der Waals surface area contributed by atoms with Crippen LogP contribution >= 0.6 is 0 Å². The molecule has 2 aromatic rings. The van der Waals surface area contributed by atoms with Gasteiger partial charge < -0.3 is 29.7 Å². The van der Waals surface area contributed by atoms with Gasteiger partial charge in [0.2, 0.25) is 12.7 Å². The Kier molecular flexibility index (Phi) is 7.00. The third-order valence-electron chi connectivity index (χ3n) is 3.86. The normalized spacial score (nSPS) is 11.8. The second-order valence-electron chi connectivity index (χ2n) is 5.64. The molecule has 0 radical (unpaired) electrons. The van der Waals surface area contributed by atoms with Gasteiger partial charge in [0.05, 0.1) is 12.3 Å². The van der Waals surface area contributed by atoms with Gasteiger partial charge in [0, 0.05) is 23.3 Å². The number of ether oxygens (including phenoxy) is 3. The number of aromatic hydroxyl groups is 1. The average Bonchev–Trinajstić information content (AvgIpc) is 3.12. The molecule has 0 unspecified atom stereocenters. The number of fused-ring (bicyclic) bond motifs is 1. The Hall–Kier alpha value is -3.52.